The Morgan fingerprint density at radius 1 is 1.15 bits per heavy atom. The van der Waals surface area contributed by atoms with E-state index in [1.165, 1.54) is 11.3 Å². The third-order valence-electron chi connectivity index (χ3n) is 3.61. The van der Waals surface area contributed by atoms with Crippen LogP contribution in [0.3, 0.4) is 0 Å². The van der Waals surface area contributed by atoms with E-state index in [1.54, 1.807) is 0 Å². The van der Waals surface area contributed by atoms with Crippen LogP contribution in [0.15, 0.2) is 29.6 Å². The van der Waals surface area contributed by atoms with Gasteiger partial charge in [-0.2, -0.15) is 0 Å². The number of hydrogen-bond donors (Lipinski definition) is 2. The minimum Gasteiger partial charge on any atom is -0.350 e. The molecule has 1 aromatic heterocycles. The standard InChI is InChI=1S/C20H28N4O2S/c1-14-6-8-15(9-7-14)21-17(25)10-19-22-16(13-27-19)11-24(5)12-18(26)23-20(2,3)4/h6-9,13H,10-12H2,1-5H3,(H,21,25)(H,23,26). The average Bonchev–Trinajstić information content (AvgIpc) is 2.94. The number of nitrogens with zero attached hydrogens (tertiary/aromatic N) is 2. The van der Waals surface area contributed by atoms with Crippen molar-refractivity contribution in [3.05, 3.63) is 45.9 Å². The van der Waals surface area contributed by atoms with Crippen LogP contribution in [-0.4, -0.2) is 40.8 Å². The molecule has 2 N–H and O–H groups in total. The first-order valence-electron chi connectivity index (χ1n) is 8.90. The molecule has 1 aromatic carbocycles. The van der Waals surface area contributed by atoms with Crippen LogP contribution in [0.25, 0.3) is 0 Å². The number of carbonyl (C=O) groups excluding carboxylic acids is 2. The number of thiazole rings is 1. The molecular weight excluding hydrogens is 360 g/mol. The van der Waals surface area contributed by atoms with Crippen LogP contribution in [0.4, 0.5) is 5.69 Å². The number of carbonyl (C=O) groups is 2. The molecule has 0 unspecified atom stereocenters. The van der Waals surface area contributed by atoms with Gasteiger partial charge in [0.1, 0.15) is 5.01 Å². The first-order valence-corrected chi connectivity index (χ1v) is 9.78. The van der Waals surface area contributed by atoms with E-state index in [0.29, 0.717) is 13.1 Å². The van der Waals surface area contributed by atoms with Crippen molar-refractivity contribution in [2.45, 2.75) is 46.2 Å². The summed E-state index contributed by atoms with van der Waals surface area (Å²) in [4.78, 5) is 30.6. The molecule has 6 nitrogen and oxygen atoms in total. The molecule has 0 atom stereocenters. The molecule has 0 aliphatic rings. The van der Waals surface area contributed by atoms with E-state index in [0.717, 1.165) is 22.0 Å². The van der Waals surface area contributed by atoms with Gasteiger partial charge in [-0.05, 0) is 46.9 Å². The summed E-state index contributed by atoms with van der Waals surface area (Å²) in [5, 5.41) is 8.53. The largest absolute Gasteiger partial charge is 0.350 e. The maximum absolute atomic E-state index is 12.2. The van der Waals surface area contributed by atoms with Crippen LogP contribution >= 0.6 is 11.3 Å². The first-order chi connectivity index (χ1) is 12.6. The van der Waals surface area contributed by atoms with E-state index < -0.39 is 0 Å². The van der Waals surface area contributed by atoms with Crippen LogP contribution in [0, 0.1) is 6.92 Å². The minimum absolute atomic E-state index is 0.0158. The molecule has 0 aliphatic heterocycles. The Kier molecular flexibility index (Phi) is 7.10. The van der Waals surface area contributed by atoms with Gasteiger partial charge in [0.2, 0.25) is 11.8 Å². The highest BCUT2D eigenvalue weighted by atomic mass is 32.1. The van der Waals surface area contributed by atoms with Crippen molar-refractivity contribution in [1.29, 1.82) is 0 Å². The van der Waals surface area contributed by atoms with Gasteiger partial charge in [-0.3, -0.25) is 14.5 Å². The van der Waals surface area contributed by atoms with Crippen molar-refractivity contribution in [1.82, 2.24) is 15.2 Å². The summed E-state index contributed by atoms with van der Waals surface area (Å²) in [6.45, 7) is 8.75. The zero-order chi connectivity index (χ0) is 20.0. The van der Waals surface area contributed by atoms with Crippen molar-refractivity contribution in [3.63, 3.8) is 0 Å². The van der Waals surface area contributed by atoms with E-state index in [1.807, 2.05) is 69.3 Å². The Morgan fingerprint density at radius 3 is 2.44 bits per heavy atom. The van der Waals surface area contributed by atoms with Crippen molar-refractivity contribution in [3.8, 4) is 0 Å². The number of nitrogens with one attached hydrogen (secondary N) is 2. The maximum Gasteiger partial charge on any atom is 0.234 e. The molecule has 2 amide bonds. The molecular formula is C20H28N4O2S. The third kappa shape index (κ3) is 7.88. The van der Waals surface area contributed by atoms with Crippen LogP contribution < -0.4 is 10.6 Å². The van der Waals surface area contributed by atoms with Gasteiger partial charge in [0, 0.05) is 23.2 Å². The van der Waals surface area contributed by atoms with Gasteiger partial charge >= 0.3 is 0 Å². The molecule has 2 rings (SSSR count). The fourth-order valence-corrected chi connectivity index (χ4v) is 3.30. The molecule has 1 heterocycles. The maximum atomic E-state index is 12.2. The predicted octanol–water partition coefficient (Wildman–Crippen LogP) is 2.98. The zero-order valence-corrected chi connectivity index (χ0v) is 17.4. The quantitative estimate of drug-likeness (QED) is 0.765. The number of rotatable bonds is 7. The van der Waals surface area contributed by atoms with Crippen LogP contribution in [-0.2, 0) is 22.6 Å². The van der Waals surface area contributed by atoms with Gasteiger partial charge in [0.15, 0.2) is 0 Å². The summed E-state index contributed by atoms with van der Waals surface area (Å²) in [6, 6.07) is 7.70. The fraction of sp³-hybridized carbons (Fsp3) is 0.450. The SMILES string of the molecule is Cc1ccc(NC(=O)Cc2nc(CN(C)CC(=O)NC(C)(C)C)cs2)cc1. The molecule has 146 valence electrons. The number of amides is 2. The topological polar surface area (TPSA) is 74.3 Å². The Hall–Kier alpha value is -2.25. The molecule has 0 fully saturated rings. The van der Waals surface area contributed by atoms with Gasteiger partial charge in [-0.1, -0.05) is 17.7 Å². The van der Waals surface area contributed by atoms with Gasteiger partial charge in [0.25, 0.3) is 0 Å². The summed E-state index contributed by atoms with van der Waals surface area (Å²) in [5.74, 6) is -0.101. The fourth-order valence-electron chi connectivity index (χ4n) is 2.52. The Bertz CT molecular complexity index is 778. The van der Waals surface area contributed by atoms with E-state index in [4.69, 9.17) is 0 Å². The molecule has 0 bridgehead atoms. The lowest BCUT2D eigenvalue weighted by atomic mass is 10.1. The molecule has 0 aliphatic carbocycles. The smallest absolute Gasteiger partial charge is 0.234 e. The van der Waals surface area contributed by atoms with E-state index in [2.05, 4.69) is 15.6 Å². The average molecular weight is 389 g/mol. The number of anilines is 1. The summed E-state index contributed by atoms with van der Waals surface area (Å²) in [6.07, 6.45) is 0.243. The summed E-state index contributed by atoms with van der Waals surface area (Å²) >= 11 is 1.46. The number of hydrogen-bond acceptors (Lipinski definition) is 5. The highest BCUT2D eigenvalue weighted by molar-refractivity contribution is 7.09. The zero-order valence-electron chi connectivity index (χ0n) is 16.6. The summed E-state index contributed by atoms with van der Waals surface area (Å²) in [5.41, 5.74) is 2.56. The van der Waals surface area contributed by atoms with E-state index in [9.17, 15) is 9.59 Å². The Labute approximate surface area is 165 Å². The molecule has 27 heavy (non-hydrogen) atoms. The Balaban J connectivity index is 1.82. The normalized spacial score (nSPS) is 11.5. The molecule has 0 spiro atoms. The number of aromatic nitrogens is 1. The second kappa shape index (κ2) is 9.10. The van der Waals surface area contributed by atoms with Gasteiger partial charge in [0.05, 0.1) is 18.7 Å². The molecule has 0 saturated carbocycles. The minimum atomic E-state index is -0.240. The summed E-state index contributed by atoms with van der Waals surface area (Å²) in [7, 11) is 1.88. The van der Waals surface area contributed by atoms with Gasteiger partial charge < -0.3 is 10.6 Å². The monoisotopic (exact) mass is 388 g/mol. The van der Waals surface area contributed by atoms with Crippen molar-refractivity contribution < 1.29 is 9.59 Å². The van der Waals surface area contributed by atoms with Crippen molar-refractivity contribution in [2.75, 3.05) is 18.9 Å². The van der Waals surface area contributed by atoms with E-state index >= 15 is 0 Å². The van der Waals surface area contributed by atoms with Gasteiger partial charge in [-0.15, -0.1) is 11.3 Å². The number of benzene rings is 1. The Morgan fingerprint density at radius 2 is 1.81 bits per heavy atom. The second-order valence-corrected chi connectivity index (χ2v) is 8.74. The van der Waals surface area contributed by atoms with Crippen molar-refractivity contribution >= 4 is 28.8 Å². The molecule has 0 radical (unpaired) electrons. The lowest BCUT2D eigenvalue weighted by Gasteiger charge is -2.23. The predicted molar refractivity (Wildman–Crippen MR) is 110 cm³/mol. The van der Waals surface area contributed by atoms with Gasteiger partial charge in [-0.25, -0.2) is 4.98 Å². The second-order valence-electron chi connectivity index (χ2n) is 7.79. The first kappa shape index (κ1) is 21.1. The van der Waals surface area contributed by atoms with Crippen LogP contribution in [0.1, 0.15) is 37.0 Å². The highest BCUT2D eigenvalue weighted by Gasteiger charge is 2.16. The summed E-state index contributed by atoms with van der Waals surface area (Å²) < 4.78 is 0. The number of likely N-dealkylation sites (N-methyl/N-ethyl adjacent to an activating group) is 1. The van der Waals surface area contributed by atoms with Crippen molar-refractivity contribution in [2.24, 2.45) is 0 Å². The molecule has 7 heteroatoms. The van der Waals surface area contributed by atoms with Crippen LogP contribution in [0.5, 0.6) is 0 Å². The highest BCUT2D eigenvalue weighted by Crippen LogP contribution is 2.14. The van der Waals surface area contributed by atoms with Crippen LogP contribution in [0.2, 0.25) is 0 Å². The lowest BCUT2D eigenvalue weighted by molar-refractivity contribution is -0.123. The third-order valence-corrected chi connectivity index (χ3v) is 4.50. The number of aryl methyl sites for hydroxylation is 1. The molecule has 0 saturated heterocycles. The molecule has 2 aromatic rings. The lowest BCUT2D eigenvalue weighted by Crippen LogP contribution is -2.45. The van der Waals surface area contributed by atoms with E-state index in [-0.39, 0.29) is 23.8 Å².